The summed E-state index contributed by atoms with van der Waals surface area (Å²) in [5, 5.41) is 0. The van der Waals surface area contributed by atoms with Crippen LogP contribution in [0.5, 0.6) is 0 Å². The lowest BCUT2D eigenvalue weighted by molar-refractivity contribution is 0.0367. The van der Waals surface area contributed by atoms with Crippen LogP contribution >= 0.6 is 0 Å². The Hall–Kier alpha value is -0.0800. The molecule has 2 nitrogen and oxygen atoms in total. The van der Waals surface area contributed by atoms with E-state index in [1.165, 1.54) is 51.7 Å². The number of likely N-dealkylation sites (tertiary alicyclic amines) is 2. The molecule has 1 aliphatic carbocycles. The predicted octanol–water partition coefficient (Wildman–Crippen LogP) is 3.47. The number of hydrogen-bond donors (Lipinski definition) is 0. The van der Waals surface area contributed by atoms with Crippen molar-refractivity contribution in [1.82, 2.24) is 9.80 Å². The molecule has 3 fully saturated rings. The van der Waals surface area contributed by atoms with E-state index < -0.39 is 0 Å². The van der Waals surface area contributed by atoms with Gasteiger partial charge in [-0.1, -0.05) is 6.92 Å². The molecule has 2 saturated heterocycles. The van der Waals surface area contributed by atoms with Gasteiger partial charge in [0.15, 0.2) is 0 Å². The topological polar surface area (TPSA) is 6.48 Å². The summed E-state index contributed by atoms with van der Waals surface area (Å²) in [6.45, 7) is 11.4. The minimum Gasteiger partial charge on any atom is -0.303 e. The van der Waals surface area contributed by atoms with Gasteiger partial charge in [-0.15, -0.1) is 0 Å². The molecule has 0 N–H and O–H groups in total. The molecule has 0 aromatic rings. The minimum atomic E-state index is 0.806. The van der Waals surface area contributed by atoms with Crippen LogP contribution in [0.15, 0.2) is 0 Å². The van der Waals surface area contributed by atoms with Crippen LogP contribution in [0, 0.1) is 23.7 Å². The molecule has 1 saturated carbocycles. The molecule has 3 rings (SSSR count). The zero-order valence-corrected chi connectivity index (χ0v) is 14.0. The van der Waals surface area contributed by atoms with Crippen LogP contribution < -0.4 is 0 Å². The highest BCUT2D eigenvalue weighted by Gasteiger charge is 2.38. The first-order valence-electron chi connectivity index (χ1n) is 8.97. The Labute approximate surface area is 125 Å². The second-order valence-corrected chi connectivity index (χ2v) is 8.37. The van der Waals surface area contributed by atoms with E-state index in [1.807, 2.05) is 0 Å². The van der Waals surface area contributed by atoms with Crippen molar-refractivity contribution in [2.45, 2.75) is 65.0 Å². The number of hydrogen-bond acceptors (Lipinski definition) is 2. The van der Waals surface area contributed by atoms with Gasteiger partial charge in [-0.2, -0.15) is 0 Å². The van der Waals surface area contributed by atoms with E-state index in [4.69, 9.17) is 0 Å². The number of nitrogens with zero attached hydrogens (tertiary/aromatic N) is 2. The van der Waals surface area contributed by atoms with Gasteiger partial charge in [0.05, 0.1) is 0 Å². The molecular formula is C18H34N2. The largest absolute Gasteiger partial charge is 0.303 e. The summed E-state index contributed by atoms with van der Waals surface area (Å²) in [5.74, 6) is 3.93. The number of fused-ring (bicyclic) bond motifs is 1. The molecular weight excluding hydrogens is 244 g/mol. The van der Waals surface area contributed by atoms with Gasteiger partial charge in [0.1, 0.15) is 0 Å². The molecule has 3 aliphatic rings. The van der Waals surface area contributed by atoms with Crippen LogP contribution in [0.2, 0.25) is 0 Å². The van der Waals surface area contributed by atoms with Crippen molar-refractivity contribution in [1.29, 1.82) is 0 Å². The van der Waals surface area contributed by atoms with Gasteiger partial charge in [0.25, 0.3) is 0 Å². The smallest absolute Gasteiger partial charge is 0.00701 e. The molecule has 0 aromatic carbocycles. The molecule has 0 spiro atoms. The van der Waals surface area contributed by atoms with Crippen LogP contribution in [0.4, 0.5) is 0 Å². The molecule has 2 heterocycles. The molecule has 2 aliphatic heterocycles. The molecule has 0 bridgehead atoms. The quantitative estimate of drug-likeness (QED) is 0.763. The number of piperidine rings is 1. The third-order valence-electron chi connectivity index (χ3n) is 6.57. The average Bonchev–Trinajstić information content (AvgIpc) is 2.70. The normalized spacial score (nSPS) is 47.4. The summed E-state index contributed by atoms with van der Waals surface area (Å²) in [6.07, 6.45) is 7.36. The van der Waals surface area contributed by atoms with Crippen molar-refractivity contribution in [2.75, 3.05) is 26.7 Å². The second kappa shape index (κ2) is 5.96. The lowest BCUT2D eigenvalue weighted by Crippen LogP contribution is -2.47. The maximum Gasteiger partial charge on any atom is 0.00701 e. The molecule has 0 amide bonds. The third-order valence-corrected chi connectivity index (χ3v) is 6.57. The molecule has 0 aromatic heterocycles. The van der Waals surface area contributed by atoms with E-state index in [-0.39, 0.29) is 0 Å². The van der Waals surface area contributed by atoms with Gasteiger partial charge in [0.2, 0.25) is 0 Å². The van der Waals surface area contributed by atoms with Gasteiger partial charge in [-0.25, -0.2) is 0 Å². The maximum atomic E-state index is 2.79. The van der Waals surface area contributed by atoms with E-state index in [1.54, 1.807) is 0 Å². The Bertz CT molecular complexity index is 329. The first kappa shape index (κ1) is 14.8. The Balaban J connectivity index is 1.53. The highest BCUT2D eigenvalue weighted by atomic mass is 15.2. The summed E-state index contributed by atoms with van der Waals surface area (Å²) in [5.41, 5.74) is 0. The predicted molar refractivity (Wildman–Crippen MR) is 85.8 cm³/mol. The Kier molecular flexibility index (Phi) is 4.42. The fourth-order valence-electron chi connectivity index (χ4n) is 5.26. The van der Waals surface area contributed by atoms with Crippen molar-refractivity contribution in [3.05, 3.63) is 0 Å². The van der Waals surface area contributed by atoms with Gasteiger partial charge >= 0.3 is 0 Å². The lowest BCUT2D eigenvalue weighted by Gasteiger charge is -2.46. The zero-order chi connectivity index (χ0) is 14.3. The molecule has 6 atom stereocenters. The number of rotatable bonds is 2. The first-order valence-corrected chi connectivity index (χ1v) is 8.97. The Morgan fingerprint density at radius 3 is 2.35 bits per heavy atom. The summed E-state index contributed by atoms with van der Waals surface area (Å²) < 4.78 is 0. The van der Waals surface area contributed by atoms with Crippen molar-refractivity contribution < 1.29 is 0 Å². The fourth-order valence-corrected chi connectivity index (χ4v) is 5.26. The molecule has 0 radical (unpaired) electrons. The average molecular weight is 278 g/mol. The summed E-state index contributed by atoms with van der Waals surface area (Å²) in [6, 6.07) is 1.64. The minimum absolute atomic E-state index is 0.806. The van der Waals surface area contributed by atoms with Gasteiger partial charge in [0, 0.05) is 31.7 Å². The van der Waals surface area contributed by atoms with Gasteiger partial charge in [-0.05, 0) is 76.7 Å². The van der Waals surface area contributed by atoms with Gasteiger partial charge < -0.3 is 9.80 Å². The fraction of sp³-hybridized carbons (Fsp3) is 1.00. The van der Waals surface area contributed by atoms with Crippen LogP contribution in [0.3, 0.4) is 0 Å². The van der Waals surface area contributed by atoms with E-state index in [2.05, 4.69) is 37.6 Å². The van der Waals surface area contributed by atoms with Crippen LogP contribution in [0.25, 0.3) is 0 Å². The van der Waals surface area contributed by atoms with Gasteiger partial charge in [-0.3, -0.25) is 0 Å². The van der Waals surface area contributed by atoms with Crippen LogP contribution in [0.1, 0.15) is 52.9 Å². The zero-order valence-electron chi connectivity index (χ0n) is 14.0. The van der Waals surface area contributed by atoms with Crippen molar-refractivity contribution in [3.63, 3.8) is 0 Å². The maximum absolute atomic E-state index is 2.79. The van der Waals surface area contributed by atoms with Crippen LogP contribution in [-0.4, -0.2) is 48.6 Å². The van der Waals surface area contributed by atoms with Crippen LogP contribution in [-0.2, 0) is 0 Å². The van der Waals surface area contributed by atoms with Crippen molar-refractivity contribution >= 4 is 0 Å². The molecule has 2 heteroatoms. The highest BCUT2D eigenvalue weighted by molar-refractivity contribution is 4.90. The molecule has 116 valence electrons. The Morgan fingerprint density at radius 1 is 0.850 bits per heavy atom. The molecule has 20 heavy (non-hydrogen) atoms. The van der Waals surface area contributed by atoms with E-state index >= 15 is 0 Å². The SMILES string of the molecule is CC1CC(C)N(CC2CCC3CN(C)C(C)CC3C2)C1. The highest BCUT2D eigenvalue weighted by Crippen LogP contribution is 2.41. The van der Waals surface area contributed by atoms with Crippen molar-refractivity contribution in [3.8, 4) is 0 Å². The van der Waals surface area contributed by atoms with Crippen molar-refractivity contribution in [2.24, 2.45) is 23.7 Å². The van der Waals surface area contributed by atoms with E-state index in [0.717, 1.165) is 35.8 Å². The monoisotopic (exact) mass is 278 g/mol. The third kappa shape index (κ3) is 3.06. The first-order chi connectivity index (χ1) is 9.52. The standard InChI is InChI=1S/C18H34N2/c1-13-7-15(3)20(10-13)11-16-5-6-17-12-19(4)14(2)8-18(17)9-16/h13-18H,5-12H2,1-4H3. The molecule has 6 unspecified atom stereocenters. The summed E-state index contributed by atoms with van der Waals surface area (Å²) in [7, 11) is 2.32. The Morgan fingerprint density at radius 2 is 1.65 bits per heavy atom. The van der Waals surface area contributed by atoms with E-state index in [9.17, 15) is 0 Å². The lowest BCUT2D eigenvalue weighted by atomic mass is 9.69. The summed E-state index contributed by atoms with van der Waals surface area (Å²) >= 11 is 0. The second-order valence-electron chi connectivity index (χ2n) is 8.37. The van der Waals surface area contributed by atoms with E-state index in [0.29, 0.717) is 0 Å². The summed E-state index contributed by atoms with van der Waals surface area (Å²) in [4.78, 5) is 5.37.